The first-order valence-electron chi connectivity index (χ1n) is 17.0. The van der Waals surface area contributed by atoms with Crippen LogP contribution in [0.2, 0.25) is 0 Å². The third-order valence-electron chi connectivity index (χ3n) is 10.8. The minimum atomic E-state index is -4.78. The highest BCUT2D eigenvalue weighted by atomic mass is 19.4. The number of benzene rings is 1. The molecule has 3 aliphatic carbocycles. The molecule has 0 heterocycles. The Morgan fingerprint density at radius 3 is 1.86 bits per heavy atom. The fourth-order valence-electron chi connectivity index (χ4n) is 8.13. The number of alkyl halides is 4. The highest BCUT2D eigenvalue weighted by Gasteiger charge is 2.38. The van der Waals surface area contributed by atoms with Crippen molar-refractivity contribution in [1.82, 2.24) is 0 Å². The van der Waals surface area contributed by atoms with E-state index in [9.17, 15) is 22.0 Å². The summed E-state index contributed by atoms with van der Waals surface area (Å²) in [5.41, 5.74) is -1.35. The Morgan fingerprint density at radius 2 is 1.31 bits per heavy atom. The molecule has 42 heavy (non-hydrogen) atoms. The van der Waals surface area contributed by atoms with E-state index in [1.54, 1.807) is 0 Å². The largest absolute Gasteiger partial charge is 0.491 e. The number of hydrogen-bond acceptors (Lipinski definition) is 1. The Hall–Kier alpha value is -1.59. The molecule has 0 bridgehead atoms. The maximum atomic E-state index is 14.7. The molecule has 4 rings (SSSR count). The summed E-state index contributed by atoms with van der Waals surface area (Å²) in [6, 6.07) is 2.65. The molecule has 0 amide bonds. The molecule has 0 aliphatic heterocycles. The van der Waals surface area contributed by atoms with Crippen LogP contribution in [0.1, 0.15) is 134 Å². The van der Waals surface area contributed by atoms with E-state index in [2.05, 4.69) is 0 Å². The zero-order valence-corrected chi connectivity index (χ0v) is 25.7. The quantitative estimate of drug-likeness (QED) is 0.163. The number of ether oxygens (including phenoxy) is 1. The van der Waals surface area contributed by atoms with Gasteiger partial charge in [-0.25, -0.2) is 4.39 Å². The van der Waals surface area contributed by atoms with Crippen molar-refractivity contribution in [3.8, 4) is 5.75 Å². The maximum Gasteiger partial charge on any atom is 0.419 e. The summed E-state index contributed by atoms with van der Waals surface area (Å²) < 4.78 is 73.5. The van der Waals surface area contributed by atoms with Gasteiger partial charge in [-0.2, -0.15) is 13.2 Å². The molecule has 0 atom stereocenters. The normalized spacial score (nSPS) is 29.2. The van der Waals surface area contributed by atoms with Crippen molar-refractivity contribution in [2.24, 2.45) is 35.5 Å². The Balaban J connectivity index is 1.17. The van der Waals surface area contributed by atoms with Gasteiger partial charge in [0, 0.05) is 0 Å². The molecule has 3 fully saturated rings. The molecule has 0 radical (unpaired) electrons. The third kappa shape index (κ3) is 9.71. The van der Waals surface area contributed by atoms with Gasteiger partial charge in [0.1, 0.15) is 5.56 Å². The van der Waals surface area contributed by atoms with Crippen LogP contribution in [-0.2, 0) is 6.18 Å². The van der Waals surface area contributed by atoms with Crippen LogP contribution in [0.25, 0.3) is 6.08 Å². The standard InChI is InChI=1S/C36H53F5O/c1-2-25-42-33-23-22-32(34(35(33)38)36(39,40)41)21-16-29-14-19-31(20-15-29)30-17-12-28(13-18-30)11-10-27-8-6-26(7-9-27)5-3-4-24-37/h16,21-23,26-31H,2-15,17-20,24-25H2,1H3. The van der Waals surface area contributed by atoms with Gasteiger partial charge in [-0.1, -0.05) is 89.4 Å². The zero-order chi connectivity index (χ0) is 30.0. The van der Waals surface area contributed by atoms with Gasteiger partial charge in [0.25, 0.3) is 0 Å². The lowest BCUT2D eigenvalue weighted by atomic mass is 9.68. The van der Waals surface area contributed by atoms with Crippen molar-refractivity contribution in [3.63, 3.8) is 0 Å². The highest BCUT2D eigenvalue weighted by molar-refractivity contribution is 5.57. The fourth-order valence-corrected chi connectivity index (χ4v) is 8.13. The van der Waals surface area contributed by atoms with Gasteiger partial charge in [-0.3, -0.25) is 4.39 Å². The SMILES string of the molecule is CCCOc1ccc(C=CC2CCC(C3CCC(CCC4CCC(CCCCF)CC4)CC3)CC2)c(C(F)(F)F)c1F. The summed E-state index contributed by atoms with van der Waals surface area (Å²) >= 11 is 0. The third-order valence-corrected chi connectivity index (χ3v) is 10.8. The second kappa shape index (κ2) is 16.5. The van der Waals surface area contributed by atoms with Crippen LogP contribution in [-0.4, -0.2) is 13.3 Å². The van der Waals surface area contributed by atoms with E-state index in [0.29, 0.717) is 6.42 Å². The van der Waals surface area contributed by atoms with E-state index in [1.807, 2.05) is 13.0 Å². The van der Waals surface area contributed by atoms with Crippen LogP contribution in [0.5, 0.6) is 5.75 Å². The molecule has 238 valence electrons. The van der Waals surface area contributed by atoms with Gasteiger partial charge < -0.3 is 4.74 Å². The summed E-state index contributed by atoms with van der Waals surface area (Å²) in [5.74, 6) is 2.76. The second-order valence-corrected chi connectivity index (χ2v) is 13.7. The Morgan fingerprint density at radius 1 is 0.762 bits per heavy atom. The fraction of sp³-hybridized carbons (Fsp3) is 0.778. The van der Waals surface area contributed by atoms with E-state index < -0.39 is 17.6 Å². The highest BCUT2D eigenvalue weighted by Crippen LogP contribution is 2.44. The van der Waals surface area contributed by atoms with E-state index in [1.165, 1.54) is 88.8 Å². The summed E-state index contributed by atoms with van der Waals surface area (Å²) in [4.78, 5) is 0. The summed E-state index contributed by atoms with van der Waals surface area (Å²) in [5, 5.41) is 0. The van der Waals surface area contributed by atoms with E-state index in [4.69, 9.17) is 4.74 Å². The molecular formula is C36H53F5O. The first-order chi connectivity index (χ1) is 20.3. The van der Waals surface area contributed by atoms with Crippen LogP contribution in [0, 0.1) is 41.3 Å². The Bertz CT molecular complexity index is 948. The van der Waals surface area contributed by atoms with Crippen molar-refractivity contribution in [1.29, 1.82) is 0 Å². The zero-order valence-electron chi connectivity index (χ0n) is 25.7. The topological polar surface area (TPSA) is 9.23 Å². The number of halogens is 5. The molecule has 3 aliphatic rings. The molecule has 6 heteroatoms. The number of unbranched alkanes of at least 4 members (excludes halogenated alkanes) is 1. The summed E-state index contributed by atoms with van der Waals surface area (Å²) in [7, 11) is 0. The lowest BCUT2D eigenvalue weighted by molar-refractivity contribution is -0.140. The monoisotopic (exact) mass is 596 g/mol. The molecule has 0 saturated heterocycles. The van der Waals surface area contributed by atoms with Crippen LogP contribution in [0.3, 0.4) is 0 Å². The molecule has 1 aromatic rings. The maximum absolute atomic E-state index is 14.7. The first-order valence-corrected chi connectivity index (χ1v) is 17.0. The van der Waals surface area contributed by atoms with Gasteiger partial charge in [-0.15, -0.1) is 0 Å². The minimum absolute atomic E-state index is 0.120. The average molecular weight is 597 g/mol. The Kier molecular flexibility index (Phi) is 13.1. The van der Waals surface area contributed by atoms with Crippen molar-refractivity contribution >= 4 is 6.08 Å². The Labute approximate surface area is 251 Å². The predicted molar refractivity (Wildman–Crippen MR) is 162 cm³/mol. The summed E-state index contributed by atoms with van der Waals surface area (Å²) in [6.45, 7) is 1.84. The van der Waals surface area contributed by atoms with Crippen LogP contribution in [0.15, 0.2) is 18.2 Å². The molecule has 0 unspecified atom stereocenters. The van der Waals surface area contributed by atoms with Crippen LogP contribution in [0.4, 0.5) is 22.0 Å². The second-order valence-electron chi connectivity index (χ2n) is 13.7. The average Bonchev–Trinajstić information content (AvgIpc) is 2.99. The van der Waals surface area contributed by atoms with Gasteiger partial charge in [0.15, 0.2) is 11.6 Å². The van der Waals surface area contributed by atoms with Crippen molar-refractivity contribution in [3.05, 3.63) is 35.2 Å². The van der Waals surface area contributed by atoms with Crippen LogP contribution >= 0.6 is 0 Å². The van der Waals surface area contributed by atoms with Gasteiger partial charge in [0.2, 0.25) is 0 Å². The first kappa shape index (κ1) is 33.3. The number of rotatable bonds is 13. The molecule has 1 aromatic carbocycles. The molecule has 0 aromatic heterocycles. The van der Waals surface area contributed by atoms with Crippen molar-refractivity contribution in [2.75, 3.05) is 13.3 Å². The smallest absolute Gasteiger partial charge is 0.419 e. The van der Waals surface area contributed by atoms with Crippen LogP contribution < -0.4 is 4.74 Å². The van der Waals surface area contributed by atoms with Crippen molar-refractivity contribution in [2.45, 2.75) is 129 Å². The van der Waals surface area contributed by atoms with Gasteiger partial charge in [-0.05, 0) is 98.5 Å². The van der Waals surface area contributed by atoms with E-state index in [0.717, 1.165) is 68.1 Å². The minimum Gasteiger partial charge on any atom is -0.491 e. The predicted octanol–water partition coefficient (Wildman–Crippen LogP) is 12.0. The van der Waals surface area contributed by atoms with Gasteiger partial charge in [0.05, 0.1) is 13.3 Å². The number of hydrogen-bond donors (Lipinski definition) is 0. The lowest BCUT2D eigenvalue weighted by Crippen LogP contribution is -2.25. The molecule has 3 saturated carbocycles. The van der Waals surface area contributed by atoms with E-state index in [-0.39, 0.29) is 30.5 Å². The molecule has 1 nitrogen and oxygen atoms in total. The summed E-state index contributed by atoms with van der Waals surface area (Å²) in [6.07, 6.45) is 20.1. The molecule has 0 spiro atoms. The van der Waals surface area contributed by atoms with E-state index >= 15 is 0 Å². The lowest BCUT2D eigenvalue weighted by Gasteiger charge is -2.38. The van der Waals surface area contributed by atoms with Crippen molar-refractivity contribution < 1.29 is 26.7 Å². The van der Waals surface area contributed by atoms with Gasteiger partial charge >= 0.3 is 6.18 Å². The molecular weight excluding hydrogens is 543 g/mol. The molecule has 0 N–H and O–H groups in total. The number of allylic oxidation sites excluding steroid dienone is 1.